The molecule has 2 heterocycles. The summed E-state index contributed by atoms with van der Waals surface area (Å²) in [6.07, 6.45) is 0. The van der Waals surface area contributed by atoms with Crippen LogP contribution >= 0.6 is 23.5 Å². The third-order valence-electron chi connectivity index (χ3n) is 14.1. The van der Waals surface area contributed by atoms with Gasteiger partial charge in [0.2, 0.25) is 0 Å². The monoisotopic (exact) mass is 929 g/mol. The lowest BCUT2D eigenvalue weighted by Gasteiger charge is -2.46. The van der Waals surface area contributed by atoms with E-state index >= 15 is 0 Å². The van der Waals surface area contributed by atoms with Crippen LogP contribution in [-0.4, -0.2) is 0 Å². The molecule has 0 aromatic heterocycles. The second-order valence-electron chi connectivity index (χ2n) is 18.0. The summed E-state index contributed by atoms with van der Waals surface area (Å²) in [6.45, 7) is -2.39. The molecule has 0 saturated heterocycles. The molecule has 70 heavy (non-hydrogen) atoms. The lowest BCUT2D eigenvalue weighted by atomic mass is 9.64. The van der Waals surface area contributed by atoms with Gasteiger partial charge in [-0.1, -0.05) is 266 Å². The van der Waals surface area contributed by atoms with E-state index in [1.54, 1.807) is 11.8 Å². The SMILES string of the molecule is [2H]C([2H])([2H])c1ccc2c(c1-c1ccc(-c3c(-c4ccccc4)c(-c4ccccc4)c(-c4ccccc4)c(-c4ccccc4)c3-c3ccccc3)cc1)Sc1ccccc1C21c2ccccc2Sc2ccccc21. The molecule has 0 N–H and O–H groups in total. The Labute approximate surface area is 423 Å². The normalized spacial score (nSPS) is 13.7. The van der Waals surface area contributed by atoms with Crippen molar-refractivity contribution >= 4 is 23.5 Å². The van der Waals surface area contributed by atoms with Crippen molar-refractivity contribution in [2.45, 2.75) is 31.8 Å². The fourth-order valence-electron chi connectivity index (χ4n) is 11.3. The van der Waals surface area contributed by atoms with Crippen molar-refractivity contribution in [3.05, 3.63) is 289 Å². The molecule has 0 saturated carbocycles. The molecule has 0 amide bonds. The highest BCUT2D eigenvalue weighted by molar-refractivity contribution is 8.00. The molecule has 11 aromatic carbocycles. The van der Waals surface area contributed by atoms with Crippen LogP contribution in [0.25, 0.3) is 77.9 Å². The molecule has 2 heteroatoms. The van der Waals surface area contributed by atoms with Crippen molar-refractivity contribution in [1.82, 2.24) is 0 Å². The highest BCUT2D eigenvalue weighted by Crippen LogP contribution is 2.63. The second-order valence-corrected chi connectivity index (χ2v) is 20.1. The van der Waals surface area contributed by atoms with Gasteiger partial charge in [0, 0.05) is 23.7 Å². The van der Waals surface area contributed by atoms with Crippen LogP contribution < -0.4 is 0 Å². The van der Waals surface area contributed by atoms with Gasteiger partial charge in [-0.25, -0.2) is 0 Å². The molecule has 0 bridgehead atoms. The zero-order valence-corrected chi connectivity index (χ0v) is 39.8. The minimum Gasteiger partial charge on any atom is -0.0894 e. The molecule has 0 atom stereocenters. The molecule has 0 nitrogen and oxygen atoms in total. The molecule has 1 spiro atoms. The summed E-state index contributed by atoms with van der Waals surface area (Å²) in [4.78, 5) is 4.49. The van der Waals surface area contributed by atoms with E-state index in [0.29, 0.717) is 5.56 Å². The number of benzene rings is 11. The van der Waals surface area contributed by atoms with Crippen molar-refractivity contribution < 1.29 is 4.11 Å². The van der Waals surface area contributed by atoms with Gasteiger partial charge in [0.1, 0.15) is 0 Å². The second kappa shape index (κ2) is 17.6. The molecule has 0 radical (unpaired) electrons. The van der Waals surface area contributed by atoms with Crippen molar-refractivity contribution in [2.75, 3.05) is 0 Å². The molecular weight excluding hydrogens is 881 g/mol. The number of fused-ring (bicyclic) bond motifs is 8. The van der Waals surface area contributed by atoms with Gasteiger partial charge in [0.05, 0.1) is 5.41 Å². The third kappa shape index (κ3) is 6.77. The number of hydrogen-bond acceptors (Lipinski definition) is 2. The lowest BCUT2D eigenvalue weighted by Crippen LogP contribution is -2.36. The molecule has 0 fully saturated rings. The summed E-state index contributed by atoms with van der Waals surface area (Å²) in [7, 11) is 0. The average Bonchev–Trinajstić information content (AvgIpc) is 3.45. The molecule has 13 rings (SSSR count). The predicted octanol–water partition coefficient (Wildman–Crippen LogP) is 19.0. The minimum absolute atomic E-state index is 0.340. The van der Waals surface area contributed by atoms with Crippen LogP contribution in [0.15, 0.2) is 280 Å². The van der Waals surface area contributed by atoms with Gasteiger partial charge in [-0.3, -0.25) is 0 Å². The van der Waals surface area contributed by atoms with Gasteiger partial charge in [0.15, 0.2) is 0 Å². The maximum Gasteiger partial charge on any atom is 0.0745 e. The standard InChI is InChI=1S/C68H46S2/c1-45-39-44-56-67(70-59-38-22-19-35-55(59)68(56)53-33-17-20-36-57(53)69-58-37-21-18-34-54(58)68)60(45)51-40-42-52(43-41-51)66-64(49-29-13-5-14-30-49)62(47-25-9-3-10-26-47)61(46-23-7-2-8-24-46)63(48-27-11-4-12-28-48)65(66)50-31-15-6-16-32-50/h2-44H,1H3/i1D3. The summed E-state index contributed by atoms with van der Waals surface area (Å²) < 4.78 is 27.4. The Morgan fingerprint density at radius 2 is 0.543 bits per heavy atom. The molecule has 11 aromatic rings. The van der Waals surface area contributed by atoms with E-state index in [1.165, 1.54) is 26.5 Å². The van der Waals surface area contributed by atoms with Crippen LogP contribution in [0.2, 0.25) is 0 Å². The third-order valence-corrected chi connectivity index (χ3v) is 16.5. The van der Waals surface area contributed by atoms with E-state index in [2.05, 4.69) is 255 Å². The molecule has 330 valence electrons. The topological polar surface area (TPSA) is 0 Å². The van der Waals surface area contributed by atoms with E-state index in [1.807, 2.05) is 17.8 Å². The van der Waals surface area contributed by atoms with Crippen LogP contribution in [0, 0.1) is 6.85 Å². The van der Waals surface area contributed by atoms with Gasteiger partial charge >= 0.3 is 0 Å². The van der Waals surface area contributed by atoms with Crippen LogP contribution in [-0.2, 0) is 5.41 Å². The van der Waals surface area contributed by atoms with E-state index in [4.69, 9.17) is 4.11 Å². The number of rotatable bonds is 7. The Balaban J connectivity index is 1.13. The molecule has 0 aliphatic carbocycles. The lowest BCUT2D eigenvalue weighted by molar-refractivity contribution is 0.667. The first kappa shape index (κ1) is 39.0. The Bertz CT molecular complexity index is 3690. The summed E-state index contributed by atoms with van der Waals surface area (Å²) in [6, 6.07) is 93.1. The first-order valence-electron chi connectivity index (χ1n) is 25.3. The molecular formula is C68H46S2. The fourth-order valence-corrected chi connectivity index (χ4v) is 13.8. The Kier molecular flexibility index (Phi) is 9.80. The predicted molar refractivity (Wildman–Crippen MR) is 296 cm³/mol. The molecule has 2 aliphatic rings. The average molecular weight is 930 g/mol. The van der Waals surface area contributed by atoms with Crippen LogP contribution in [0.5, 0.6) is 0 Å². The van der Waals surface area contributed by atoms with Crippen LogP contribution in [0.3, 0.4) is 0 Å². The summed E-state index contributed by atoms with van der Waals surface area (Å²) in [5, 5.41) is 0. The van der Waals surface area contributed by atoms with E-state index in [9.17, 15) is 0 Å². The van der Waals surface area contributed by atoms with E-state index in [-0.39, 0.29) is 0 Å². The highest BCUT2D eigenvalue weighted by atomic mass is 32.2. The van der Waals surface area contributed by atoms with Crippen molar-refractivity contribution in [2.24, 2.45) is 0 Å². The Morgan fingerprint density at radius 1 is 0.257 bits per heavy atom. The summed E-state index contributed by atoms with van der Waals surface area (Å²) in [5.41, 5.74) is 19.3. The molecule has 0 unspecified atom stereocenters. The van der Waals surface area contributed by atoms with Crippen LogP contribution in [0.4, 0.5) is 0 Å². The zero-order chi connectivity index (χ0) is 49.1. The van der Waals surface area contributed by atoms with Crippen molar-refractivity contribution in [3.63, 3.8) is 0 Å². The maximum absolute atomic E-state index is 9.14. The first-order chi connectivity index (χ1) is 35.9. The van der Waals surface area contributed by atoms with Gasteiger partial charge < -0.3 is 0 Å². The van der Waals surface area contributed by atoms with Gasteiger partial charge in [-0.2, -0.15) is 0 Å². The Morgan fingerprint density at radius 3 is 0.886 bits per heavy atom. The van der Waals surface area contributed by atoms with Crippen molar-refractivity contribution in [1.29, 1.82) is 0 Å². The Hall–Kier alpha value is -7.88. The smallest absolute Gasteiger partial charge is 0.0745 e. The van der Waals surface area contributed by atoms with E-state index < -0.39 is 12.3 Å². The fraction of sp³-hybridized carbons (Fsp3) is 0.0294. The quantitative estimate of drug-likeness (QED) is 0.156. The zero-order valence-electron chi connectivity index (χ0n) is 41.1. The van der Waals surface area contributed by atoms with Gasteiger partial charge in [-0.15, -0.1) is 0 Å². The largest absolute Gasteiger partial charge is 0.0894 e. The van der Waals surface area contributed by atoms with Crippen LogP contribution in [0.1, 0.15) is 31.9 Å². The van der Waals surface area contributed by atoms with E-state index in [0.717, 1.165) is 93.2 Å². The number of aryl methyl sites for hydroxylation is 1. The highest BCUT2D eigenvalue weighted by Gasteiger charge is 2.49. The molecule has 2 aliphatic heterocycles. The number of hydrogen-bond donors (Lipinski definition) is 0. The van der Waals surface area contributed by atoms with Crippen molar-refractivity contribution in [3.8, 4) is 77.9 Å². The minimum atomic E-state index is -2.39. The summed E-state index contributed by atoms with van der Waals surface area (Å²) in [5.74, 6) is 0. The maximum atomic E-state index is 9.14. The first-order valence-corrected chi connectivity index (χ1v) is 25.5. The summed E-state index contributed by atoms with van der Waals surface area (Å²) >= 11 is 3.50. The van der Waals surface area contributed by atoms with Gasteiger partial charge in [0.25, 0.3) is 0 Å². The van der Waals surface area contributed by atoms with Gasteiger partial charge in [-0.05, 0) is 131 Å².